The third-order valence-electron chi connectivity index (χ3n) is 14.2. The summed E-state index contributed by atoms with van der Waals surface area (Å²) in [5.41, 5.74) is 0.132. The number of nitriles is 1. The van der Waals surface area contributed by atoms with Gasteiger partial charge in [0.25, 0.3) is 11.5 Å². The molecule has 1 aliphatic heterocycles. The van der Waals surface area contributed by atoms with E-state index in [-0.39, 0.29) is 32.1 Å². The van der Waals surface area contributed by atoms with Crippen LogP contribution in [-0.4, -0.2) is 86.8 Å². The van der Waals surface area contributed by atoms with E-state index in [1.54, 1.807) is 25.1 Å². The highest BCUT2D eigenvalue weighted by Gasteiger charge is 2.54. The van der Waals surface area contributed by atoms with E-state index in [9.17, 15) is 19.6 Å². The van der Waals surface area contributed by atoms with Crippen LogP contribution in [0.4, 0.5) is 0 Å². The van der Waals surface area contributed by atoms with Crippen molar-refractivity contribution in [2.75, 3.05) is 27.4 Å². The zero-order chi connectivity index (χ0) is 54.7. The molecule has 3 heterocycles. The van der Waals surface area contributed by atoms with Gasteiger partial charge in [-0.3, -0.25) is 28.2 Å². The van der Waals surface area contributed by atoms with Crippen LogP contribution < -0.4 is 26.0 Å². The average molecular weight is 1070 g/mol. The number of aromatic nitrogens is 5. The molecule has 1 fully saturated rings. The SMILES string of the molecule is COc1ccc(C(OC[C@H]2O[C@@H](n3ccc(=O)[nH]c3=O)[C@H](n3cc(CNC(=O)c4ccc5ccc6cccc7ccc4c5c67)nn3)[C@@H]2OP(=O)(OCCC#N)N(C(C)C)C(C)C)(c2ccccc2)c2ccc(OC)cc2)cc1. The minimum Gasteiger partial charge on any atom is -0.497 e. The number of benzene rings is 7. The van der Waals surface area contributed by atoms with Gasteiger partial charge in [-0.25, -0.2) is 18.7 Å². The summed E-state index contributed by atoms with van der Waals surface area (Å²) in [6.45, 7) is 6.83. The predicted octanol–water partition coefficient (Wildman–Crippen LogP) is 9.66. The Bertz CT molecular complexity index is 3710. The minimum absolute atomic E-state index is 0.0662. The highest BCUT2D eigenvalue weighted by molar-refractivity contribution is 7.51. The van der Waals surface area contributed by atoms with E-state index in [1.807, 2.05) is 137 Å². The number of H-pyrrole nitrogens is 1. The number of carbonyl (C=O) groups excluding carboxylic acids is 1. The normalized spacial score (nSPS) is 17.5. The lowest BCUT2D eigenvalue weighted by Gasteiger charge is -2.39. The number of nitrogens with zero attached hydrogens (tertiary/aromatic N) is 6. The van der Waals surface area contributed by atoms with Crippen LogP contribution in [0, 0.1) is 11.3 Å². The Balaban J connectivity index is 1.08. The maximum atomic E-state index is 15.9. The topological polar surface area (TPSA) is 214 Å². The van der Waals surface area contributed by atoms with E-state index in [2.05, 4.69) is 50.9 Å². The quantitative estimate of drug-likeness (QED) is 0.0297. The molecule has 10 rings (SSSR count). The molecule has 400 valence electrons. The summed E-state index contributed by atoms with van der Waals surface area (Å²) < 4.78 is 58.9. The molecule has 1 amide bonds. The van der Waals surface area contributed by atoms with E-state index in [4.69, 9.17) is 28.0 Å². The van der Waals surface area contributed by atoms with Crippen molar-refractivity contribution in [1.29, 1.82) is 5.26 Å². The Labute approximate surface area is 450 Å². The second-order valence-corrected chi connectivity index (χ2v) is 21.4. The van der Waals surface area contributed by atoms with Gasteiger partial charge in [-0.1, -0.05) is 108 Å². The molecular weight excluding hydrogens is 1010 g/mol. The van der Waals surface area contributed by atoms with Crippen LogP contribution >= 0.6 is 7.75 Å². The molecular formula is C59H59N8O10P. The van der Waals surface area contributed by atoms with Gasteiger partial charge in [0.2, 0.25) is 0 Å². The van der Waals surface area contributed by atoms with E-state index in [1.165, 1.54) is 21.5 Å². The van der Waals surface area contributed by atoms with Crippen molar-refractivity contribution >= 4 is 46.0 Å². The molecule has 0 radical (unpaired) electrons. The predicted molar refractivity (Wildman–Crippen MR) is 295 cm³/mol. The first-order chi connectivity index (χ1) is 37.8. The molecule has 7 aromatic carbocycles. The highest BCUT2D eigenvalue weighted by Crippen LogP contribution is 2.59. The van der Waals surface area contributed by atoms with Gasteiger partial charge >= 0.3 is 13.4 Å². The van der Waals surface area contributed by atoms with Crippen LogP contribution in [0.25, 0.3) is 32.3 Å². The molecule has 1 saturated heterocycles. The van der Waals surface area contributed by atoms with Gasteiger partial charge in [-0.2, -0.15) is 5.26 Å². The standard InChI is InChI=1S/C59H59N8O10P/c1-37(2)67(38(3)4)78(71,75-33-11-31-60)77-55-50(36-74-59(42-14-8-7-9-15-42,43-20-24-46(72-5)25-21-43)44-22-26-47(73-6)27-23-44)76-57(65-32-30-51(68)62-58(65)70)54(55)66-35-45(63-64-66)34-61-56(69)49-29-19-41-17-16-39-12-10-13-40-18-28-48(49)53(41)52(39)40/h7-10,12-30,32,35,37-38,50,54-55,57H,11,33-34,36H2,1-6H3,(H,61,69)(H,62,68,70)/t50-,54-,55-,57-,78?/m1/s1. The maximum Gasteiger partial charge on any atom is 0.409 e. The van der Waals surface area contributed by atoms with Crippen molar-refractivity contribution in [1.82, 2.24) is 34.5 Å². The molecule has 19 heteroatoms. The first-order valence-electron chi connectivity index (χ1n) is 25.7. The number of nitrogens with one attached hydrogen (secondary N) is 2. The Morgan fingerprint density at radius 2 is 1.42 bits per heavy atom. The van der Waals surface area contributed by atoms with Gasteiger partial charge in [0, 0.05) is 29.9 Å². The average Bonchev–Trinajstić information content (AvgIpc) is 4.21. The molecule has 0 spiro atoms. The highest BCUT2D eigenvalue weighted by atomic mass is 31.2. The van der Waals surface area contributed by atoms with Crippen LogP contribution in [0.5, 0.6) is 11.5 Å². The Morgan fingerprint density at radius 1 is 0.808 bits per heavy atom. The lowest BCUT2D eigenvalue weighted by Crippen LogP contribution is -2.42. The number of hydrogen-bond acceptors (Lipinski definition) is 13. The number of amides is 1. The molecule has 0 bridgehead atoms. The number of ether oxygens (including phenoxy) is 4. The van der Waals surface area contributed by atoms with Gasteiger partial charge < -0.3 is 24.3 Å². The smallest absolute Gasteiger partial charge is 0.409 e. The molecule has 9 aromatic rings. The van der Waals surface area contributed by atoms with Crippen molar-refractivity contribution in [2.45, 2.75) is 82.8 Å². The van der Waals surface area contributed by atoms with Gasteiger partial charge in [-0.05, 0) is 107 Å². The molecule has 78 heavy (non-hydrogen) atoms. The molecule has 2 N–H and O–H groups in total. The summed E-state index contributed by atoms with van der Waals surface area (Å²) in [7, 11) is -1.28. The van der Waals surface area contributed by atoms with E-state index < -0.39 is 61.2 Å². The van der Waals surface area contributed by atoms with Crippen molar-refractivity contribution in [2.24, 2.45) is 0 Å². The summed E-state index contributed by atoms with van der Waals surface area (Å²) in [5.74, 6) is 0.897. The molecule has 1 aliphatic rings. The molecule has 0 aliphatic carbocycles. The zero-order valence-corrected chi connectivity index (χ0v) is 44.8. The van der Waals surface area contributed by atoms with Crippen molar-refractivity contribution in [3.05, 3.63) is 201 Å². The molecule has 0 saturated carbocycles. The van der Waals surface area contributed by atoms with Gasteiger partial charge in [0.15, 0.2) is 6.23 Å². The fourth-order valence-electron chi connectivity index (χ4n) is 10.8. The van der Waals surface area contributed by atoms with Crippen LogP contribution in [0.3, 0.4) is 0 Å². The molecule has 2 aromatic heterocycles. The second-order valence-electron chi connectivity index (χ2n) is 19.6. The third kappa shape index (κ3) is 10.2. The molecule has 5 atom stereocenters. The zero-order valence-electron chi connectivity index (χ0n) is 43.9. The van der Waals surface area contributed by atoms with Crippen molar-refractivity contribution < 1.29 is 37.4 Å². The van der Waals surface area contributed by atoms with Crippen molar-refractivity contribution in [3.8, 4) is 17.6 Å². The van der Waals surface area contributed by atoms with E-state index >= 15 is 4.57 Å². The summed E-state index contributed by atoms with van der Waals surface area (Å²) in [6, 6.07) is 43.9. The minimum atomic E-state index is -4.45. The fourth-order valence-corrected chi connectivity index (χ4v) is 13.1. The van der Waals surface area contributed by atoms with E-state index in [0.29, 0.717) is 33.9 Å². The van der Waals surface area contributed by atoms with Crippen LogP contribution in [0.15, 0.2) is 162 Å². The Morgan fingerprint density at radius 3 is 2.04 bits per heavy atom. The van der Waals surface area contributed by atoms with Crippen molar-refractivity contribution in [3.63, 3.8) is 0 Å². The summed E-state index contributed by atoms with van der Waals surface area (Å²) >= 11 is 0. The first-order valence-corrected chi connectivity index (χ1v) is 27.2. The van der Waals surface area contributed by atoms with Gasteiger partial charge in [0.1, 0.15) is 41.0 Å². The largest absolute Gasteiger partial charge is 0.497 e. The lowest BCUT2D eigenvalue weighted by molar-refractivity contribution is -0.0943. The third-order valence-corrected chi connectivity index (χ3v) is 16.7. The number of carbonyl (C=O) groups is 1. The summed E-state index contributed by atoms with van der Waals surface area (Å²) in [4.78, 5) is 43.2. The number of aromatic amines is 1. The lowest BCUT2D eigenvalue weighted by atomic mass is 9.80. The molecule has 1 unspecified atom stereocenters. The van der Waals surface area contributed by atoms with E-state index in [0.717, 1.165) is 37.9 Å². The maximum absolute atomic E-state index is 15.9. The number of methoxy groups -OCH3 is 2. The summed E-state index contributed by atoms with van der Waals surface area (Å²) in [6.07, 6.45) is -1.08. The second kappa shape index (κ2) is 22.5. The van der Waals surface area contributed by atoms with Gasteiger partial charge in [-0.15, -0.1) is 5.10 Å². The first kappa shape index (κ1) is 53.4. The Kier molecular flexibility index (Phi) is 15.4. The number of hydrogen-bond donors (Lipinski definition) is 2. The fraction of sp³-hybridized carbons (Fsp3) is 0.288. The van der Waals surface area contributed by atoms with Crippen LogP contribution in [0.2, 0.25) is 0 Å². The van der Waals surface area contributed by atoms with Crippen LogP contribution in [0.1, 0.15) is 79.1 Å². The number of rotatable bonds is 21. The monoisotopic (exact) mass is 1070 g/mol. The van der Waals surface area contributed by atoms with Crippen LogP contribution in [-0.2, 0) is 35.2 Å². The summed E-state index contributed by atoms with van der Waals surface area (Å²) in [5, 5.41) is 27.8. The Hall–Kier alpha value is -8.01. The molecule has 18 nitrogen and oxygen atoms in total. The van der Waals surface area contributed by atoms with Gasteiger partial charge in [0.05, 0.1) is 52.7 Å².